The molecule has 4 aromatic rings. The number of thioether (sulfide) groups is 1. The standard InChI is InChI=1S/C22H21N5O5S/c1-30-15-10-14(11-16(12-15)31-2)23-19(28)13-33-22-25-24-20-21(29)26(8-9-27(20)22)17-6-4-5-7-18(17)32-3/h4-12H,13H2,1-3H3,(H,23,28). The number of ether oxygens (including phenoxy) is 3. The number of amides is 1. The fourth-order valence-electron chi connectivity index (χ4n) is 3.19. The minimum atomic E-state index is -0.353. The first-order chi connectivity index (χ1) is 16.0. The largest absolute Gasteiger partial charge is 0.497 e. The van der Waals surface area contributed by atoms with Crippen LogP contribution in [-0.4, -0.2) is 52.2 Å². The van der Waals surface area contributed by atoms with Gasteiger partial charge in [0.15, 0.2) is 5.16 Å². The molecular formula is C22H21N5O5S. The summed E-state index contributed by atoms with van der Waals surface area (Å²) in [5.41, 5.74) is 0.929. The van der Waals surface area contributed by atoms with Gasteiger partial charge in [-0.25, -0.2) is 0 Å². The summed E-state index contributed by atoms with van der Waals surface area (Å²) in [6, 6.07) is 12.3. The second kappa shape index (κ2) is 9.65. The minimum absolute atomic E-state index is 0.0654. The summed E-state index contributed by atoms with van der Waals surface area (Å²) < 4.78 is 18.8. The minimum Gasteiger partial charge on any atom is -0.497 e. The van der Waals surface area contributed by atoms with E-state index in [1.165, 1.54) is 18.8 Å². The second-order valence-electron chi connectivity index (χ2n) is 6.76. The average Bonchev–Trinajstić information content (AvgIpc) is 3.26. The number of fused-ring (bicyclic) bond motifs is 1. The Hall–Kier alpha value is -3.99. The van der Waals surface area contributed by atoms with Crippen LogP contribution in [0.2, 0.25) is 0 Å². The lowest BCUT2D eigenvalue weighted by molar-refractivity contribution is -0.113. The predicted molar refractivity (Wildman–Crippen MR) is 124 cm³/mol. The van der Waals surface area contributed by atoms with Crippen LogP contribution in [0.15, 0.2) is 64.8 Å². The molecule has 0 aliphatic rings. The molecule has 0 atom stereocenters. The molecule has 0 saturated carbocycles. The smallest absolute Gasteiger partial charge is 0.300 e. The lowest BCUT2D eigenvalue weighted by atomic mass is 10.2. The third kappa shape index (κ3) is 4.62. The zero-order valence-corrected chi connectivity index (χ0v) is 19.0. The Kier molecular flexibility index (Phi) is 6.50. The van der Waals surface area contributed by atoms with E-state index in [9.17, 15) is 9.59 Å². The molecule has 170 valence electrons. The van der Waals surface area contributed by atoms with E-state index >= 15 is 0 Å². The van der Waals surface area contributed by atoms with Crippen molar-refractivity contribution in [2.45, 2.75) is 5.16 Å². The third-order valence-electron chi connectivity index (χ3n) is 4.75. The molecule has 2 aromatic carbocycles. The summed E-state index contributed by atoms with van der Waals surface area (Å²) in [5, 5.41) is 11.3. The van der Waals surface area contributed by atoms with Crippen molar-refractivity contribution in [3.8, 4) is 22.9 Å². The van der Waals surface area contributed by atoms with Crippen LogP contribution in [0.1, 0.15) is 0 Å². The van der Waals surface area contributed by atoms with E-state index in [1.807, 2.05) is 12.1 Å². The van der Waals surface area contributed by atoms with Gasteiger partial charge in [0.1, 0.15) is 17.2 Å². The number of hydrogen-bond acceptors (Lipinski definition) is 8. The van der Waals surface area contributed by atoms with E-state index in [4.69, 9.17) is 14.2 Å². The molecule has 2 aromatic heterocycles. The first-order valence-corrected chi connectivity index (χ1v) is 10.8. The molecule has 0 radical (unpaired) electrons. The van der Waals surface area contributed by atoms with Crippen LogP contribution in [0.3, 0.4) is 0 Å². The predicted octanol–water partition coefficient (Wildman–Crippen LogP) is 2.64. The number of aromatic nitrogens is 4. The van der Waals surface area contributed by atoms with Gasteiger partial charge in [0.25, 0.3) is 0 Å². The summed E-state index contributed by atoms with van der Waals surface area (Å²) >= 11 is 1.16. The van der Waals surface area contributed by atoms with Crippen LogP contribution in [0.25, 0.3) is 11.3 Å². The SMILES string of the molecule is COc1cc(NC(=O)CSc2nnc3c(=O)n(-c4ccccc4OC)ccn23)cc(OC)c1. The summed E-state index contributed by atoms with van der Waals surface area (Å²) in [5.74, 6) is 1.49. The Balaban J connectivity index is 1.52. The maximum absolute atomic E-state index is 13.0. The highest BCUT2D eigenvalue weighted by Crippen LogP contribution is 2.26. The summed E-state index contributed by atoms with van der Waals surface area (Å²) in [6.45, 7) is 0. The first-order valence-electron chi connectivity index (χ1n) is 9.79. The fraction of sp³-hybridized carbons (Fsp3) is 0.182. The Morgan fingerprint density at radius 1 is 1.00 bits per heavy atom. The van der Waals surface area contributed by atoms with Crippen molar-refractivity contribution in [1.29, 1.82) is 0 Å². The number of carbonyl (C=O) groups is 1. The van der Waals surface area contributed by atoms with Crippen molar-refractivity contribution in [2.75, 3.05) is 32.4 Å². The Morgan fingerprint density at radius 3 is 2.42 bits per heavy atom. The number of carbonyl (C=O) groups excluding carboxylic acids is 1. The maximum atomic E-state index is 13.0. The van der Waals surface area contributed by atoms with Crippen LogP contribution >= 0.6 is 11.8 Å². The Bertz CT molecular complexity index is 1340. The van der Waals surface area contributed by atoms with Gasteiger partial charge in [0, 0.05) is 36.3 Å². The van der Waals surface area contributed by atoms with Crippen LogP contribution in [0.4, 0.5) is 5.69 Å². The Morgan fingerprint density at radius 2 is 1.73 bits per heavy atom. The van der Waals surface area contributed by atoms with Gasteiger partial charge in [-0.3, -0.25) is 18.6 Å². The molecular weight excluding hydrogens is 446 g/mol. The topological polar surface area (TPSA) is 109 Å². The van der Waals surface area contributed by atoms with Crippen molar-refractivity contribution in [2.24, 2.45) is 0 Å². The Labute approximate surface area is 193 Å². The zero-order valence-electron chi connectivity index (χ0n) is 18.1. The van der Waals surface area contributed by atoms with Crippen molar-refractivity contribution < 1.29 is 19.0 Å². The summed E-state index contributed by atoms with van der Waals surface area (Å²) in [7, 11) is 4.61. The van der Waals surface area contributed by atoms with Gasteiger partial charge in [-0.2, -0.15) is 0 Å². The van der Waals surface area contributed by atoms with E-state index in [2.05, 4.69) is 15.5 Å². The maximum Gasteiger partial charge on any atom is 0.300 e. The quantitative estimate of drug-likeness (QED) is 0.394. The molecule has 0 bridgehead atoms. The molecule has 2 heterocycles. The van der Waals surface area contributed by atoms with Crippen molar-refractivity contribution in [3.63, 3.8) is 0 Å². The van der Waals surface area contributed by atoms with Crippen molar-refractivity contribution in [1.82, 2.24) is 19.2 Å². The number of para-hydroxylation sites is 2. The normalized spacial score (nSPS) is 10.8. The van der Waals surface area contributed by atoms with Crippen LogP contribution in [0.5, 0.6) is 17.2 Å². The average molecular weight is 468 g/mol. The van der Waals surface area contributed by atoms with E-state index in [-0.39, 0.29) is 22.9 Å². The third-order valence-corrected chi connectivity index (χ3v) is 5.69. The van der Waals surface area contributed by atoms with Gasteiger partial charge >= 0.3 is 5.56 Å². The second-order valence-corrected chi connectivity index (χ2v) is 7.70. The number of nitrogens with zero attached hydrogens (tertiary/aromatic N) is 4. The molecule has 1 amide bonds. The lowest BCUT2D eigenvalue weighted by Gasteiger charge is -2.11. The molecule has 0 saturated heterocycles. The van der Waals surface area contributed by atoms with Gasteiger partial charge in [0.2, 0.25) is 11.6 Å². The van der Waals surface area contributed by atoms with Gasteiger partial charge in [-0.1, -0.05) is 23.9 Å². The molecule has 1 N–H and O–H groups in total. The summed E-state index contributed by atoms with van der Waals surface area (Å²) in [4.78, 5) is 25.5. The number of rotatable bonds is 8. The summed E-state index contributed by atoms with van der Waals surface area (Å²) in [6.07, 6.45) is 3.29. The first kappa shape index (κ1) is 22.2. The molecule has 0 unspecified atom stereocenters. The van der Waals surface area contributed by atoms with Gasteiger partial charge < -0.3 is 19.5 Å². The van der Waals surface area contributed by atoms with Crippen LogP contribution in [-0.2, 0) is 4.79 Å². The number of benzene rings is 2. The van der Waals surface area contributed by atoms with Crippen LogP contribution < -0.4 is 25.1 Å². The highest BCUT2D eigenvalue weighted by Gasteiger charge is 2.15. The highest BCUT2D eigenvalue weighted by molar-refractivity contribution is 7.99. The molecule has 0 aliphatic heterocycles. The molecule has 33 heavy (non-hydrogen) atoms. The zero-order chi connectivity index (χ0) is 23.4. The van der Waals surface area contributed by atoms with Gasteiger partial charge in [0.05, 0.1) is 32.8 Å². The number of hydrogen-bond donors (Lipinski definition) is 1. The fourth-order valence-corrected chi connectivity index (χ4v) is 3.91. The molecule has 0 aliphatic carbocycles. The van der Waals surface area contributed by atoms with Crippen molar-refractivity contribution >= 4 is 29.0 Å². The lowest BCUT2D eigenvalue weighted by Crippen LogP contribution is -2.20. The van der Waals surface area contributed by atoms with Gasteiger partial charge in [-0.15, -0.1) is 10.2 Å². The number of nitrogens with one attached hydrogen (secondary N) is 1. The van der Waals surface area contributed by atoms with Crippen LogP contribution in [0, 0.1) is 0 Å². The molecule has 11 heteroatoms. The van der Waals surface area contributed by atoms with E-state index < -0.39 is 0 Å². The molecule has 0 fully saturated rings. The number of methoxy groups -OCH3 is 3. The van der Waals surface area contributed by atoms with E-state index in [0.717, 1.165) is 11.8 Å². The van der Waals surface area contributed by atoms with E-state index in [1.54, 1.807) is 54.2 Å². The van der Waals surface area contributed by atoms with Gasteiger partial charge in [-0.05, 0) is 12.1 Å². The van der Waals surface area contributed by atoms with Crippen molar-refractivity contribution in [3.05, 3.63) is 65.2 Å². The number of anilines is 1. The van der Waals surface area contributed by atoms with E-state index in [0.29, 0.717) is 33.8 Å². The molecule has 4 rings (SSSR count). The monoisotopic (exact) mass is 467 g/mol. The molecule has 10 nitrogen and oxygen atoms in total. The molecule has 0 spiro atoms. The highest BCUT2D eigenvalue weighted by atomic mass is 32.2.